The van der Waals surface area contributed by atoms with Crippen molar-refractivity contribution in [3.63, 3.8) is 0 Å². The molecule has 1 saturated heterocycles. The van der Waals surface area contributed by atoms with Crippen LogP contribution in [0.2, 0.25) is 15.1 Å². The summed E-state index contributed by atoms with van der Waals surface area (Å²) in [5, 5.41) is 4.62. The van der Waals surface area contributed by atoms with Crippen LogP contribution in [0.1, 0.15) is 19.3 Å². The van der Waals surface area contributed by atoms with E-state index in [0.29, 0.717) is 27.2 Å². The highest BCUT2D eigenvalue weighted by Crippen LogP contribution is 2.27. The van der Waals surface area contributed by atoms with Crippen LogP contribution in [0.3, 0.4) is 0 Å². The average molecular weight is 441 g/mol. The molecular formula is C21H24Cl3N3O. The van der Waals surface area contributed by atoms with Gasteiger partial charge < -0.3 is 10.2 Å². The third kappa shape index (κ3) is 6.02. The third-order valence-corrected chi connectivity index (χ3v) is 5.99. The number of anilines is 2. The number of hydrogen-bond acceptors (Lipinski definition) is 3. The van der Waals surface area contributed by atoms with Crippen LogP contribution in [0, 0.1) is 0 Å². The Kier molecular flexibility index (Phi) is 7.86. The van der Waals surface area contributed by atoms with Gasteiger partial charge in [-0.1, -0.05) is 46.9 Å². The molecular weight excluding hydrogens is 417 g/mol. The normalized spacial score (nSPS) is 14.9. The summed E-state index contributed by atoms with van der Waals surface area (Å²) in [5.41, 5.74) is 1.79. The second-order valence-corrected chi connectivity index (χ2v) is 8.13. The summed E-state index contributed by atoms with van der Waals surface area (Å²) in [6.45, 7) is 4.95. The highest BCUT2D eigenvalue weighted by atomic mass is 35.5. The summed E-state index contributed by atoms with van der Waals surface area (Å²) in [6, 6.07) is 13.1. The van der Waals surface area contributed by atoms with E-state index in [1.54, 1.807) is 6.07 Å². The number of rotatable bonds is 7. The lowest BCUT2D eigenvalue weighted by Gasteiger charge is -2.36. The molecule has 150 valence electrons. The molecule has 4 nitrogen and oxygen atoms in total. The quantitative estimate of drug-likeness (QED) is 0.571. The fourth-order valence-electron chi connectivity index (χ4n) is 3.31. The standard InChI is InChI=1S/C21H24Cl3N3O/c22-17-9-8-16(15-19(17)24)27-13-11-26(12-14-27)10-4-3-7-21(28)25-20-6-2-1-5-18(20)23/h1-2,5-6,8-9,15H,3-4,7,10-14H2,(H,25,28). The monoisotopic (exact) mass is 439 g/mol. The van der Waals surface area contributed by atoms with Gasteiger partial charge in [-0.15, -0.1) is 0 Å². The minimum Gasteiger partial charge on any atom is -0.369 e. The lowest BCUT2D eigenvalue weighted by atomic mass is 10.2. The van der Waals surface area contributed by atoms with Crippen molar-refractivity contribution in [2.45, 2.75) is 19.3 Å². The number of nitrogens with zero attached hydrogens (tertiary/aromatic N) is 2. The second kappa shape index (κ2) is 10.4. The number of halogens is 3. The average Bonchev–Trinajstić information content (AvgIpc) is 2.70. The molecule has 2 aromatic rings. The van der Waals surface area contributed by atoms with Crippen molar-refractivity contribution in [3.05, 3.63) is 57.5 Å². The number of amides is 1. The van der Waals surface area contributed by atoms with Gasteiger partial charge in [0.25, 0.3) is 0 Å². The lowest BCUT2D eigenvalue weighted by molar-refractivity contribution is -0.116. The molecule has 0 unspecified atom stereocenters. The van der Waals surface area contributed by atoms with Gasteiger partial charge in [-0.3, -0.25) is 9.69 Å². The van der Waals surface area contributed by atoms with Gasteiger partial charge >= 0.3 is 0 Å². The van der Waals surface area contributed by atoms with E-state index in [9.17, 15) is 4.79 Å². The molecule has 1 aliphatic rings. The molecule has 3 rings (SSSR count). The molecule has 0 bridgehead atoms. The SMILES string of the molecule is O=C(CCCCN1CCN(c2ccc(Cl)c(Cl)c2)CC1)Nc1ccccc1Cl. The Morgan fingerprint density at radius 3 is 2.36 bits per heavy atom. The van der Waals surface area contributed by atoms with Crippen molar-refractivity contribution in [2.75, 3.05) is 42.9 Å². The molecule has 1 heterocycles. The Balaban J connectivity index is 1.34. The number of unbranched alkanes of at least 4 members (excludes halogenated alkanes) is 1. The van der Waals surface area contributed by atoms with Crippen LogP contribution in [0.25, 0.3) is 0 Å². The van der Waals surface area contributed by atoms with Gasteiger partial charge in [-0.05, 0) is 49.7 Å². The zero-order valence-corrected chi connectivity index (χ0v) is 17.9. The first kappa shape index (κ1) is 21.3. The van der Waals surface area contributed by atoms with Crippen LogP contribution >= 0.6 is 34.8 Å². The van der Waals surface area contributed by atoms with E-state index < -0.39 is 0 Å². The van der Waals surface area contributed by atoms with Crippen molar-refractivity contribution in [2.24, 2.45) is 0 Å². The summed E-state index contributed by atoms with van der Waals surface area (Å²) < 4.78 is 0. The van der Waals surface area contributed by atoms with Gasteiger partial charge in [-0.2, -0.15) is 0 Å². The Labute approximate surface area is 181 Å². The van der Waals surface area contributed by atoms with Crippen LogP contribution in [-0.4, -0.2) is 43.5 Å². The predicted molar refractivity (Wildman–Crippen MR) is 119 cm³/mol. The van der Waals surface area contributed by atoms with Crippen LogP contribution in [-0.2, 0) is 4.79 Å². The summed E-state index contributed by atoms with van der Waals surface area (Å²) in [7, 11) is 0. The molecule has 2 aromatic carbocycles. The van der Waals surface area contributed by atoms with Crippen LogP contribution in [0.4, 0.5) is 11.4 Å². The van der Waals surface area contributed by atoms with E-state index in [1.807, 2.05) is 36.4 Å². The minimum absolute atomic E-state index is 0.0116. The maximum absolute atomic E-state index is 12.1. The highest BCUT2D eigenvalue weighted by Gasteiger charge is 2.17. The Morgan fingerprint density at radius 2 is 1.64 bits per heavy atom. The van der Waals surface area contributed by atoms with E-state index in [4.69, 9.17) is 34.8 Å². The summed E-state index contributed by atoms with van der Waals surface area (Å²) in [4.78, 5) is 16.8. The van der Waals surface area contributed by atoms with Crippen LogP contribution in [0.15, 0.2) is 42.5 Å². The third-order valence-electron chi connectivity index (χ3n) is 4.92. The van der Waals surface area contributed by atoms with Gasteiger partial charge in [0.15, 0.2) is 0 Å². The number of carbonyl (C=O) groups is 1. The molecule has 0 aliphatic carbocycles. The van der Waals surface area contributed by atoms with Crippen LogP contribution in [0.5, 0.6) is 0 Å². The van der Waals surface area contributed by atoms with E-state index in [-0.39, 0.29) is 5.91 Å². The van der Waals surface area contributed by atoms with E-state index in [1.165, 1.54) is 0 Å². The van der Waals surface area contributed by atoms with Crippen molar-refractivity contribution < 1.29 is 4.79 Å². The number of nitrogens with one attached hydrogen (secondary N) is 1. The van der Waals surface area contributed by atoms with Crippen molar-refractivity contribution in [1.82, 2.24) is 4.90 Å². The van der Waals surface area contributed by atoms with Crippen LogP contribution < -0.4 is 10.2 Å². The van der Waals surface area contributed by atoms with E-state index in [2.05, 4.69) is 15.1 Å². The first-order valence-electron chi connectivity index (χ1n) is 9.49. The van der Waals surface area contributed by atoms with Gasteiger partial charge in [0.2, 0.25) is 5.91 Å². The Bertz CT molecular complexity index is 807. The molecule has 0 atom stereocenters. The molecule has 0 radical (unpaired) electrons. The van der Waals surface area contributed by atoms with E-state index >= 15 is 0 Å². The molecule has 0 saturated carbocycles. The maximum atomic E-state index is 12.1. The number of piperazine rings is 1. The largest absolute Gasteiger partial charge is 0.369 e. The maximum Gasteiger partial charge on any atom is 0.224 e. The molecule has 1 aliphatic heterocycles. The molecule has 1 amide bonds. The molecule has 1 fully saturated rings. The molecule has 0 spiro atoms. The van der Waals surface area contributed by atoms with Crippen molar-refractivity contribution >= 4 is 52.1 Å². The topological polar surface area (TPSA) is 35.6 Å². The zero-order valence-electron chi connectivity index (χ0n) is 15.6. The smallest absolute Gasteiger partial charge is 0.224 e. The number of benzene rings is 2. The number of para-hydroxylation sites is 1. The molecule has 28 heavy (non-hydrogen) atoms. The molecule has 1 N–H and O–H groups in total. The minimum atomic E-state index is 0.0116. The predicted octanol–water partition coefficient (Wildman–Crippen LogP) is 5.58. The van der Waals surface area contributed by atoms with Crippen molar-refractivity contribution in [3.8, 4) is 0 Å². The van der Waals surface area contributed by atoms with Gasteiger partial charge in [0.1, 0.15) is 0 Å². The van der Waals surface area contributed by atoms with E-state index in [0.717, 1.165) is 51.3 Å². The second-order valence-electron chi connectivity index (χ2n) is 6.91. The fraction of sp³-hybridized carbons (Fsp3) is 0.381. The Morgan fingerprint density at radius 1 is 0.893 bits per heavy atom. The highest BCUT2D eigenvalue weighted by molar-refractivity contribution is 6.42. The Hall–Kier alpha value is -1.46. The lowest BCUT2D eigenvalue weighted by Crippen LogP contribution is -2.46. The number of hydrogen-bond donors (Lipinski definition) is 1. The zero-order chi connectivity index (χ0) is 19.9. The summed E-state index contributed by atoms with van der Waals surface area (Å²) in [6.07, 6.45) is 2.38. The summed E-state index contributed by atoms with van der Waals surface area (Å²) in [5.74, 6) is 0.0116. The fourth-order valence-corrected chi connectivity index (χ4v) is 3.78. The molecule has 0 aromatic heterocycles. The number of carbonyl (C=O) groups excluding carboxylic acids is 1. The van der Waals surface area contributed by atoms with Crippen molar-refractivity contribution in [1.29, 1.82) is 0 Å². The first-order valence-corrected chi connectivity index (χ1v) is 10.6. The van der Waals surface area contributed by atoms with Gasteiger partial charge in [0, 0.05) is 38.3 Å². The van der Waals surface area contributed by atoms with Gasteiger partial charge in [0.05, 0.1) is 20.8 Å². The first-order chi connectivity index (χ1) is 13.5. The summed E-state index contributed by atoms with van der Waals surface area (Å²) >= 11 is 18.2. The van der Waals surface area contributed by atoms with Gasteiger partial charge in [-0.25, -0.2) is 0 Å². The molecule has 7 heteroatoms.